The van der Waals surface area contributed by atoms with E-state index in [9.17, 15) is 4.79 Å². The van der Waals surface area contributed by atoms with Gasteiger partial charge in [0.2, 0.25) is 5.91 Å². The van der Waals surface area contributed by atoms with Gasteiger partial charge in [-0.05, 0) is 31.6 Å². The van der Waals surface area contributed by atoms with Crippen LogP contribution in [0.4, 0.5) is 0 Å². The zero-order valence-corrected chi connectivity index (χ0v) is 8.89. The zero-order valence-electron chi connectivity index (χ0n) is 7.89. The van der Waals surface area contributed by atoms with Crippen LogP contribution in [-0.4, -0.2) is 11.9 Å². The Balaban J connectivity index is 0. The fraction of sp³-hybridized carbons (Fsp3) is 0.889. The van der Waals surface area contributed by atoms with Crippen LogP contribution in [0.15, 0.2) is 0 Å². The van der Waals surface area contributed by atoms with Crippen molar-refractivity contribution in [2.24, 2.45) is 5.92 Å². The van der Waals surface area contributed by atoms with Crippen LogP contribution in [-0.2, 0) is 4.79 Å². The Bertz CT molecular complexity index is 147. The highest BCUT2D eigenvalue weighted by atomic mass is 32.1. The minimum Gasteiger partial charge on any atom is -0.354 e. The molecule has 1 amide bonds. The van der Waals surface area contributed by atoms with Gasteiger partial charge >= 0.3 is 0 Å². The van der Waals surface area contributed by atoms with Crippen molar-refractivity contribution in [3.8, 4) is 0 Å². The lowest BCUT2D eigenvalue weighted by atomic mass is 9.87. The molecule has 0 aliphatic heterocycles. The van der Waals surface area contributed by atoms with Crippen molar-refractivity contribution in [1.29, 1.82) is 0 Å². The smallest absolute Gasteiger partial charge is 0.217 e. The first-order valence-corrected chi connectivity index (χ1v) is 4.45. The largest absolute Gasteiger partial charge is 0.354 e. The summed E-state index contributed by atoms with van der Waals surface area (Å²) in [5.74, 6) is 0.976. The van der Waals surface area contributed by atoms with E-state index in [1.165, 1.54) is 25.7 Å². The molecule has 1 aliphatic carbocycles. The van der Waals surface area contributed by atoms with E-state index in [1.807, 2.05) is 0 Å². The van der Waals surface area contributed by atoms with Gasteiger partial charge < -0.3 is 5.32 Å². The Hall–Kier alpha value is -0.180. The first kappa shape index (κ1) is 11.8. The average Bonchev–Trinajstić information content (AvgIpc) is 1.93. The van der Waals surface area contributed by atoms with Crippen molar-refractivity contribution in [3.05, 3.63) is 0 Å². The molecule has 0 saturated heterocycles. The normalized spacial score (nSPS) is 28.8. The second-order valence-electron chi connectivity index (χ2n) is 3.66. The van der Waals surface area contributed by atoms with E-state index in [0.717, 1.165) is 5.92 Å². The summed E-state index contributed by atoms with van der Waals surface area (Å²) >= 11 is 0. The van der Waals surface area contributed by atoms with Gasteiger partial charge in [-0.2, -0.15) is 13.5 Å². The van der Waals surface area contributed by atoms with E-state index in [4.69, 9.17) is 0 Å². The van der Waals surface area contributed by atoms with Crippen LogP contribution in [0, 0.1) is 5.92 Å². The van der Waals surface area contributed by atoms with Crippen molar-refractivity contribution in [3.63, 3.8) is 0 Å². The Morgan fingerprint density at radius 1 is 1.33 bits per heavy atom. The maximum atomic E-state index is 10.7. The monoisotopic (exact) mass is 191 g/mol. The van der Waals surface area contributed by atoms with Crippen LogP contribution >= 0.6 is 13.5 Å². The Kier molecular flexibility index (Phi) is 5.38. The topological polar surface area (TPSA) is 29.1 Å². The number of rotatable bonds is 1. The fourth-order valence-corrected chi connectivity index (χ4v) is 1.69. The van der Waals surface area contributed by atoms with Crippen molar-refractivity contribution >= 4 is 19.4 Å². The Morgan fingerprint density at radius 3 is 2.25 bits per heavy atom. The number of amides is 1. The molecule has 0 unspecified atom stereocenters. The summed E-state index contributed by atoms with van der Waals surface area (Å²) in [6.07, 6.45) is 4.87. The van der Waals surface area contributed by atoms with Crippen molar-refractivity contribution in [1.82, 2.24) is 5.32 Å². The Labute approximate surface area is 83.0 Å². The SMILES string of the molecule is CC(=O)NC1CCC(C)CC1.S.[HH]. The summed E-state index contributed by atoms with van der Waals surface area (Å²) in [7, 11) is 0. The summed E-state index contributed by atoms with van der Waals surface area (Å²) in [5.41, 5.74) is 0. The molecule has 12 heavy (non-hydrogen) atoms. The van der Waals surface area contributed by atoms with Crippen molar-refractivity contribution in [2.75, 3.05) is 0 Å². The highest BCUT2D eigenvalue weighted by Gasteiger charge is 2.17. The van der Waals surface area contributed by atoms with Crippen molar-refractivity contribution < 1.29 is 6.22 Å². The third-order valence-electron chi connectivity index (χ3n) is 2.42. The quantitative estimate of drug-likeness (QED) is 0.675. The molecule has 0 bridgehead atoms. The van der Waals surface area contributed by atoms with Crippen LogP contribution in [0.25, 0.3) is 0 Å². The van der Waals surface area contributed by atoms with E-state index in [0.29, 0.717) is 6.04 Å². The molecule has 2 nitrogen and oxygen atoms in total. The molecule has 3 heteroatoms. The highest BCUT2D eigenvalue weighted by Crippen LogP contribution is 2.23. The van der Waals surface area contributed by atoms with E-state index in [1.54, 1.807) is 6.92 Å². The molecular weight excluding hydrogens is 170 g/mol. The third kappa shape index (κ3) is 4.00. The van der Waals surface area contributed by atoms with Gasteiger partial charge in [-0.25, -0.2) is 0 Å². The molecule has 0 spiro atoms. The van der Waals surface area contributed by atoms with Gasteiger partial charge in [0.05, 0.1) is 0 Å². The predicted octanol–water partition coefficient (Wildman–Crippen LogP) is 2.06. The molecule has 74 valence electrons. The minimum atomic E-state index is 0. The first-order chi connectivity index (χ1) is 5.18. The summed E-state index contributed by atoms with van der Waals surface area (Å²) in [6.45, 7) is 3.88. The maximum Gasteiger partial charge on any atom is 0.217 e. The maximum absolute atomic E-state index is 10.7. The van der Waals surface area contributed by atoms with Crippen LogP contribution < -0.4 is 5.32 Å². The lowest BCUT2D eigenvalue weighted by molar-refractivity contribution is -0.119. The summed E-state index contributed by atoms with van der Waals surface area (Å²) in [5, 5.41) is 2.96. The highest BCUT2D eigenvalue weighted by molar-refractivity contribution is 7.59. The van der Waals surface area contributed by atoms with E-state index in [-0.39, 0.29) is 20.8 Å². The van der Waals surface area contributed by atoms with E-state index >= 15 is 0 Å². The summed E-state index contributed by atoms with van der Waals surface area (Å²) < 4.78 is 0. The third-order valence-corrected chi connectivity index (χ3v) is 2.42. The second-order valence-corrected chi connectivity index (χ2v) is 3.66. The van der Waals surface area contributed by atoms with Gasteiger partial charge in [-0.15, -0.1) is 0 Å². The molecular formula is C9H21NOS. The van der Waals surface area contributed by atoms with E-state index < -0.39 is 0 Å². The molecule has 0 aromatic heterocycles. The van der Waals surface area contributed by atoms with Crippen LogP contribution in [0.2, 0.25) is 0 Å². The first-order valence-electron chi connectivity index (χ1n) is 4.45. The summed E-state index contributed by atoms with van der Waals surface area (Å²) in [4.78, 5) is 10.7. The van der Waals surface area contributed by atoms with E-state index in [2.05, 4.69) is 12.2 Å². The van der Waals surface area contributed by atoms with Gasteiger partial charge in [0.15, 0.2) is 0 Å². The standard InChI is InChI=1S/C9H17NO.H2S.H2/c1-7-3-5-9(6-4-7)10-8(2)11;;/h7,9H,3-6H2,1-2H3,(H,10,11);1H2;1H. The van der Waals surface area contributed by atoms with Crippen LogP contribution in [0.5, 0.6) is 0 Å². The molecule has 0 aromatic rings. The second kappa shape index (κ2) is 5.46. The number of hydrogen-bond donors (Lipinski definition) is 1. The molecule has 1 aliphatic rings. The van der Waals surface area contributed by atoms with Crippen LogP contribution in [0.1, 0.15) is 41.0 Å². The van der Waals surface area contributed by atoms with Crippen molar-refractivity contribution in [2.45, 2.75) is 45.6 Å². The van der Waals surface area contributed by atoms with Gasteiger partial charge in [0.1, 0.15) is 0 Å². The fourth-order valence-electron chi connectivity index (χ4n) is 1.69. The Morgan fingerprint density at radius 2 is 1.83 bits per heavy atom. The number of carbonyl (C=O) groups excluding carboxylic acids is 1. The lowest BCUT2D eigenvalue weighted by Crippen LogP contribution is -2.35. The molecule has 1 N–H and O–H groups in total. The molecule has 1 fully saturated rings. The minimum absolute atomic E-state index is 0. The van der Waals surface area contributed by atoms with Gasteiger partial charge in [0.25, 0.3) is 0 Å². The van der Waals surface area contributed by atoms with Crippen LogP contribution in [0.3, 0.4) is 0 Å². The molecule has 0 aromatic carbocycles. The lowest BCUT2D eigenvalue weighted by Gasteiger charge is -2.26. The van der Waals surface area contributed by atoms with Gasteiger partial charge in [-0.1, -0.05) is 6.92 Å². The molecule has 0 heterocycles. The number of hydrogen-bond acceptors (Lipinski definition) is 1. The predicted molar refractivity (Wildman–Crippen MR) is 57.7 cm³/mol. The molecule has 0 radical (unpaired) electrons. The average molecular weight is 191 g/mol. The van der Waals surface area contributed by atoms with Gasteiger partial charge in [-0.3, -0.25) is 4.79 Å². The number of nitrogens with one attached hydrogen (secondary N) is 1. The number of carbonyl (C=O) groups is 1. The molecule has 0 atom stereocenters. The van der Waals surface area contributed by atoms with Gasteiger partial charge in [0, 0.05) is 14.4 Å². The summed E-state index contributed by atoms with van der Waals surface area (Å²) in [6, 6.07) is 0.462. The molecule has 1 rings (SSSR count). The molecule has 1 saturated carbocycles. The zero-order chi connectivity index (χ0) is 8.27.